The molecule has 1 aliphatic rings. The molecule has 2 N–H and O–H groups in total. The number of halogens is 6. The summed E-state index contributed by atoms with van der Waals surface area (Å²) in [5.41, 5.74) is -1.44. The Bertz CT molecular complexity index is 998. The summed E-state index contributed by atoms with van der Waals surface area (Å²) in [6.07, 6.45) is -6.41. The first-order valence-corrected chi connectivity index (χ1v) is 10.2. The number of amides is 1. The fourth-order valence-corrected chi connectivity index (χ4v) is 3.44. The van der Waals surface area contributed by atoms with E-state index in [1.807, 2.05) is 11.4 Å². The first kappa shape index (κ1) is 24.6. The molecule has 2 aromatic carbocycles. The monoisotopic (exact) mass is 469 g/mol. The lowest BCUT2D eigenvalue weighted by Gasteiger charge is -2.30. The van der Waals surface area contributed by atoms with Crippen LogP contribution in [0.4, 0.5) is 26.3 Å². The summed E-state index contributed by atoms with van der Waals surface area (Å²) in [5, 5.41) is 13.5. The summed E-state index contributed by atoms with van der Waals surface area (Å²) in [7, 11) is 0. The number of nitriles is 1. The van der Waals surface area contributed by atoms with Crippen LogP contribution in [0.2, 0.25) is 0 Å². The summed E-state index contributed by atoms with van der Waals surface area (Å²) in [4.78, 5) is 12.8. The van der Waals surface area contributed by atoms with Crippen molar-refractivity contribution in [1.29, 1.82) is 5.26 Å². The predicted octanol–water partition coefficient (Wildman–Crippen LogP) is 4.83. The van der Waals surface area contributed by atoms with Crippen LogP contribution in [0.5, 0.6) is 0 Å². The van der Waals surface area contributed by atoms with E-state index < -0.39 is 59.9 Å². The highest BCUT2D eigenvalue weighted by Crippen LogP contribution is 2.37. The third kappa shape index (κ3) is 6.71. The minimum atomic E-state index is -4.96. The lowest BCUT2D eigenvalue weighted by atomic mass is 9.98. The number of benzene rings is 2. The van der Waals surface area contributed by atoms with Gasteiger partial charge in [-0.1, -0.05) is 42.5 Å². The molecule has 1 saturated carbocycles. The molecule has 0 aromatic heterocycles. The van der Waals surface area contributed by atoms with Crippen LogP contribution >= 0.6 is 0 Å². The Balaban J connectivity index is 1.87. The van der Waals surface area contributed by atoms with Crippen molar-refractivity contribution in [3.8, 4) is 6.07 Å². The first-order chi connectivity index (χ1) is 15.4. The van der Waals surface area contributed by atoms with Gasteiger partial charge in [-0.05, 0) is 36.1 Å². The molecule has 0 bridgehead atoms. The highest BCUT2D eigenvalue weighted by atomic mass is 19.4. The van der Waals surface area contributed by atoms with Crippen LogP contribution in [0.1, 0.15) is 36.4 Å². The Morgan fingerprint density at radius 1 is 1.03 bits per heavy atom. The molecule has 10 heteroatoms. The zero-order chi connectivity index (χ0) is 24.3. The van der Waals surface area contributed by atoms with Crippen LogP contribution in [0, 0.1) is 17.1 Å². The lowest BCUT2D eigenvalue weighted by molar-refractivity contribution is -0.163. The Morgan fingerprint density at radius 2 is 1.64 bits per heavy atom. The second kappa shape index (κ2) is 9.43. The topological polar surface area (TPSA) is 64.9 Å². The van der Waals surface area contributed by atoms with Crippen LogP contribution in [0.25, 0.3) is 0 Å². The average Bonchev–Trinajstić information content (AvgIpc) is 3.51. The van der Waals surface area contributed by atoms with Gasteiger partial charge in [-0.15, -0.1) is 0 Å². The van der Waals surface area contributed by atoms with E-state index >= 15 is 0 Å². The van der Waals surface area contributed by atoms with Crippen molar-refractivity contribution in [2.75, 3.05) is 0 Å². The molecule has 2 aromatic rings. The van der Waals surface area contributed by atoms with Gasteiger partial charge in [0.2, 0.25) is 5.91 Å². The molecule has 0 heterocycles. The SMILES string of the molecule is N#CC1(NC(=O)C(CC(F)(F)Cc2ccccc2)NC(c2ccc(F)cc2)C(F)(F)F)CC1. The highest BCUT2D eigenvalue weighted by molar-refractivity contribution is 5.83. The van der Waals surface area contributed by atoms with Gasteiger partial charge < -0.3 is 5.32 Å². The number of hydrogen-bond acceptors (Lipinski definition) is 3. The highest BCUT2D eigenvalue weighted by Gasteiger charge is 2.49. The molecule has 2 unspecified atom stereocenters. The zero-order valence-electron chi connectivity index (χ0n) is 17.3. The van der Waals surface area contributed by atoms with E-state index in [0.717, 1.165) is 24.3 Å². The number of carbonyl (C=O) groups is 1. The Kier molecular flexibility index (Phi) is 7.03. The maximum Gasteiger partial charge on any atom is 0.407 e. The van der Waals surface area contributed by atoms with Crippen molar-refractivity contribution in [3.63, 3.8) is 0 Å². The molecule has 1 amide bonds. The number of hydrogen-bond donors (Lipinski definition) is 2. The van der Waals surface area contributed by atoms with Crippen molar-refractivity contribution >= 4 is 5.91 Å². The Labute approximate surface area is 186 Å². The van der Waals surface area contributed by atoms with Gasteiger partial charge in [0.25, 0.3) is 5.92 Å². The van der Waals surface area contributed by atoms with Gasteiger partial charge in [0.15, 0.2) is 0 Å². The first-order valence-electron chi connectivity index (χ1n) is 10.2. The molecular formula is C23H21F6N3O. The average molecular weight is 469 g/mol. The smallest absolute Gasteiger partial charge is 0.336 e. The van der Waals surface area contributed by atoms with Crippen molar-refractivity contribution in [2.24, 2.45) is 0 Å². The number of nitrogens with zero attached hydrogens (tertiary/aromatic N) is 1. The lowest BCUT2D eigenvalue weighted by Crippen LogP contribution is -2.53. The summed E-state index contributed by atoms with van der Waals surface area (Å²) in [5.74, 6) is -5.43. The van der Waals surface area contributed by atoms with Crippen LogP contribution in [-0.2, 0) is 11.2 Å². The van der Waals surface area contributed by atoms with E-state index in [1.54, 1.807) is 18.2 Å². The van der Waals surface area contributed by atoms with Crippen LogP contribution in [0.15, 0.2) is 54.6 Å². The van der Waals surface area contributed by atoms with Crippen molar-refractivity contribution < 1.29 is 31.1 Å². The third-order valence-electron chi connectivity index (χ3n) is 5.35. The standard InChI is InChI=1S/C23H21F6N3O/c24-17-8-6-16(7-9-17)19(23(27,28)29)31-18(20(33)32-21(14-30)10-11-21)13-22(25,26)12-15-4-2-1-3-5-15/h1-9,18-19,31H,10-13H2,(H,32,33). The molecular weight excluding hydrogens is 448 g/mol. The molecule has 1 fully saturated rings. The van der Waals surface area contributed by atoms with Gasteiger partial charge >= 0.3 is 6.18 Å². The number of nitrogens with one attached hydrogen (secondary N) is 2. The molecule has 0 spiro atoms. The van der Waals surface area contributed by atoms with E-state index in [4.69, 9.17) is 0 Å². The van der Waals surface area contributed by atoms with Gasteiger partial charge in [0, 0.05) is 12.8 Å². The fourth-order valence-electron chi connectivity index (χ4n) is 3.44. The number of carbonyl (C=O) groups excluding carboxylic acids is 1. The number of alkyl halides is 5. The van der Waals surface area contributed by atoms with E-state index in [-0.39, 0.29) is 18.4 Å². The minimum Gasteiger partial charge on any atom is -0.336 e. The fraction of sp³-hybridized carbons (Fsp3) is 0.391. The van der Waals surface area contributed by atoms with Crippen molar-refractivity contribution in [3.05, 3.63) is 71.5 Å². The van der Waals surface area contributed by atoms with Gasteiger partial charge in [-0.25, -0.2) is 13.2 Å². The quantitative estimate of drug-likeness (QED) is 0.518. The molecule has 4 nitrogen and oxygen atoms in total. The maximum absolute atomic E-state index is 14.8. The Hall–Kier alpha value is -3.06. The molecule has 2 atom stereocenters. The van der Waals surface area contributed by atoms with Gasteiger partial charge in [-0.2, -0.15) is 18.4 Å². The normalized spacial score (nSPS) is 17.0. The second-order valence-corrected chi connectivity index (χ2v) is 8.15. The molecule has 3 rings (SSSR count). The van der Waals surface area contributed by atoms with Gasteiger partial charge in [0.05, 0.1) is 12.1 Å². The summed E-state index contributed by atoms with van der Waals surface area (Å²) in [6, 6.07) is 8.36. The van der Waals surface area contributed by atoms with Crippen LogP contribution in [-0.4, -0.2) is 29.6 Å². The van der Waals surface area contributed by atoms with Crippen LogP contribution < -0.4 is 10.6 Å². The molecule has 33 heavy (non-hydrogen) atoms. The van der Waals surface area contributed by atoms with Crippen molar-refractivity contribution in [2.45, 2.75) is 55.4 Å². The molecule has 0 radical (unpaired) electrons. The molecule has 1 aliphatic carbocycles. The van der Waals surface area contributed by atoms with Gasteiger partial charge in [0.1, 0.15) is 17.4 Å². The summed E-state index contributed by atoms with van der Waals surface area (Å²) >= 11 is 0. The predicted molar refractivity (Wildman–Crippen MR) is 108 cm³/mol. The second-order valence-electron chi connectivity index (χ2n) is 8.15. The van der Waals surface area contributed by atoms with Crippen molar-refractivity contribution in [1.82, 2.24) is 10.6 Å². The number of rotatable bonds is 9. The summed E-state index contributed by atoms with van der Waals surface area (Å²) in [6.45, 7) is 0. The zero-order valence-corrected chi connectivity index (χ0v) is 17.3. The van der Waals surface area contributed by atoms with E-state index in [9.17, 15) is 36.4 Å². The van der Waals surface area contributed by atoms with E-state index in [2.05, 4.69) is 5.32 Å². The molecule has 176 valence electrons. The Morgan fingerprint density at radius 3 is 2.15 bits per heavy atom. The molecule has 0 aliphatic heterocycles. The largest absolute Gasteiger partial charge is 0.407 e. The third-order valence-corrected chi connectivity index (χ3v) is 5.35. The van der Waals surface area contributed by atoms with E-state index in [1.165, 1.54) is 12.1 Å². The maximum atomic E-state index is 14.8. The minimum absolute atomic E-state index is 0.253. The van der Waals surface area contributed by atoms with Crippen LogP contribution in [0.3, 0.4) is 0 Å². The van der Waals surface area contributed by atoms with E-state index in [0.29, 0.717) is 0 Å². The van der Waals surface area contributed by atoms with Gasteiger partial charge in [-0.3, -0.25) is 10.1 Å². The molecule has 0 saturated heterocycles. The summed E-state index contributed by atoms with van der Waals surface area (Å²) < 4.78 is 84.3.